The van der Waals surface area contributed by atoms with Gasteiger partial charge in [-0.05, 0) is 63.5 Å². The Balaban J connectivity index is 1.80. The van der Waals surface area contributed by atoms with Gasteiger partial charge in [0, 0.05) is 21.6 Å². The average molecular weight is 622 g/mol. The second kappa shape index (κ2) is 9.81. The molecule has 0 aliphatic carbocycles. The summed E-state index contributed by atoms with van der Waals surface area (Å²) in [7, 11) is 2.84. The van der Waals surface area contributed by atoms with Gasteiger partial charge in [0.1, 0.15) is 11.8 Å². The predicted octanol–water partition coefficient (Wildman–Crippen LogP) is 6.15. The van der Waals surface area contributed by atoms with Crippen molar-refractivity contribution in [2.75, 3.05) is 19.1 Å². The number of carbonyl (C=O) groups excluding carboxylic acids is 2. The Morgan fingerprint density at radius 1 is 1.03 bits per heavy atom. The van der Waals surface area contributed by atoms with Crippen LogP contribution in [0.25, 0.3) is 6.08 Å². The van der Waals surface area contributed by atoms with E-state index in [1.807, 2.05) is 65.6 Å². The van der Waals surface area contributed by atoms with Gasteiger partial charge in [0.25, 0.3) is 0 Å². The number of benzene rings is 3. The molecular formula is C29H22Br2N2O4. The van der Waals surface area contributed by atoms with Gasteiger partial charge in [-0.15, -0.1) is 0 Å². The SMILES string of the molecule is COC(=O)[C@]1(C#N)[C@@H](c2ccc(Br)cc2)[C@H](C(=O)c2ccc(OC)c(Br)c2)N2c3ccccc3C=C[C@@H]21. The highest BCUT2D eigenvalue weighted by Gasteiger charge is 2.67. The molecule has 2 aliphatic rings. The largest absolute Gasteiger partial charge is 0.496 e. The van der Waals surface area contributed by atoms with Crippen LogP contribution in [0, 0.1) is 16.7 Å². The van der Waals surface area contributed by atoms with E-state index in [9.17, 15) is 14.9 Å². The second-order valence-electron chi connectivity index (χ2n) is 8.93. The molecular weight excluding hydrogens is 600 g/mol. The summed E-state index contributed by atoms with van der Waals surface area (Å²) in [5.41, 5.74) is 1.15. The number of carbonyl (C=O) groups is 2. The molecule has 1 fully saturated rings. The summed E-state index contributed by atoms with van der Waals surface area (Å²) in [6.45, 7) is 0. The Morgan fingerprint density at radius 2 is 1.76 bits per heavy atom. The molecule has 0 aromatic heterocycles. The van der Waals surface area contributed by atoms with Crippen LogP contribution in [0.1, 0.15) is 27.4 Å². The van der Waals surface area contributed by atoms with Crippen LogP contribution in [-0.4, -0.2) is 38.1 Å². The molecule has 8 heteroatoms. The zero-order valence-corrected chi connectivity index (χ0v) is 23.2. The van der Waals surface area contributed by atoms with E-state index in [1.165, 1.54) is 7.11 Å². The fraction of sp³-hybridized carbons (Fsp3) is 0.207. The molecule has 0 spiro atoms. The number of hydrogen-bond acceptors (Lipinski definition) is 6. The molecule has 0 bridgehead atoms. The smallest absolute Gasteiger partial charge is 0.329 e. The van der Waals surface area contributed by atoms with E-state index in [-0.39, 0.29) is 5.78 Å². The van der Waals surface area contributed by atoms with Gasteiger partial charge in [0.05, 0.1) is 30.8 Å². The summed E-state index contributed by atoms with van der Waals surface area (Å²) in [4.78, 5) is 29.9. The number of hydrogen-bond donors (Lipinski definition) is 0. The van der Waals surface area contributed by atoms with Crippen molar-refractivity contribution in [3.8, 4) is 11.8 Å². The highest BCUT2D eigenvalue weighted by atomic mass is 79.9. The number of anilines is 1. The molecule has 3 aromatic carbocycles. The van der Waals surface area contributed by atoms with Gasteiger partial charge >= 0.3 is 5.97 Å². The summed E-state index contributed by atoms with van der Waals surface area (Å²) in [6, 6.07) is 21.0. The van der Waals surface area contributed by atoms with Crippen LogP contribution in [0.5, 0.6) is 5.75 Å². The molecule has 2 heterocycles. The molecule has 1 saturated heterocycles. The van der Waals surface area contributed by atoms with Gasteiger partial charge in [0.2, 0.25) is 0 Å². The number of methoxy groups -OCH3 is 2. The van der Waals surface area contributed by atoms with Crippen molar-refractivity contribution in [2.24, 2.45) is 5.41 Å². The van der Waals surface area contributed by atoms with Crippen LogP contribution in [0.4, 0.5) is 5.69 Å². The zero-order chi connectivity index (χ0) is 26.3. The van der Waals surface area contributed by atoms with Crippen molar-refractivity contribution in [3.63, 3.8) is 0 Å². The van der Waals surface area contributed by atoms with E-state index in [2.05, 4.69) is 37.9 Å². The summed E-state index contributed by atoms with van der Waals surface area (Å²) in [6.07, 6.45) is 3.74. The topological polar surface area (TPSA) is 79.6 Å². The first-order valence-corrected chi connectivity index (χ1v) is 13.1. The molecule has 0 amide bonds. The van der Waals surface area contributed by atoms with E-state index in [0.29, 0.717) is 21.3 Å². The lowest BCUT2D eigenvalue weighted by molar-refractivity contribution is -0.150. The second-order valence-corrected chi connectivity index (χ2v) is 10.7. The van der Waals surface area contributed by atoms with Crippen LogP contribution in [0.15, 0.2) is 81.8 Å². The standard InChI is InChI=1S/C29H22Br2N2O4/c1-36-23-13-9-19(15-21(23)31)27(34)26-25(18-7-11-20(30)12-8-18)29(16-32,28(35)37-2)24-14-10-17-5-3-4-6-22(17)33(24)26/h3-15,24-26H,1-2H3/t24-,25+,26-,29+/m1/s1. The predicted molar refractivity (Wildman–Crippen MR) is 148 cm³/mol. The minimum Gasteiger partial charge on any atom is -0.496 e. The van der Waals surface area contributed by atoms with Gasteiger partial charge in [-0.25, -0.2) is 0 Å². The maximum absolute atomic E-state index is 14.4. The van der Waals surface area contributed by atoms with Gasteiger partial charge in [-0.2, -0.15) is 5.26 Å². The van der Waals surface area contributed by atoms with Crippen molar-refractivity contribution in [2.45, 2.75) is 18.0 Å². The first-order chi connectivity index (χ1) is 17.9. The molecule has 3 aromatic rings. The van der Waals surface area contributed by atoms with Crippen LogP contribution in [0.2, 0.25) is 0 Å². The van der Waals surface area contributed by atoms with Crippen LogP contribution >= 0.6 is 31.9 Å². The highest BCUT2D eigenvalue weighted by Crippen LogP contribution is 2.56. The molecule has 4 atom stereocenters. The molecule has 0 unspecified atom stereocenters. The third-order valence-electron chi connectivity index (χ3n) is 7.19. The molecule has 6 nitrogen and oxygen atoms in total. The highest BCUT2D eigenvalue weighted by molar-refractivity contribution is 9.10. The minimum absolute atomic E-state index is 0.215. The number of fused-ring (bicyclic) bond motifs is 3. The maximum Gasteiger partial charge on any atom is 0.329 e. The lowest BCUT2D eigenvalue weighted by Crippen LogP contribution is -2.46. The van der Waals surface area contributed by atoms with Crippen LogP contribution in [0.3, 0.4) is 0 Å². The lowest BCUT2D eigenvalue weighted by Gasteiger charge is -2.36. The molecule has 0 radical (unpaired) electrons. The van der Waals surface area contributed by atoms with Crippen molar-refractivity contribution in [3.05, 3.63) is 98.4 Å². The quantitative estimate of drug-likeness (QED) is 0.251. The Labute approximate surface area is 231 Å². The summed E-state index contributed by atoms with van der Waals surface area (Å²) in [5, 5.41) is 10.7. The van der Waals surface area contributed by atoms with Gasteiger partial charge in [0.15, 0.2) is 11.2 Å². The first kappa shape index (κ1) is 25.2. The normalized spacial score (nSPS) is 23.5. The fourth-order valence-electron chi connectivity index (χ4n) is 5.57. The van der Waals surface area contributed by atoms with Crippen molar-refractivity contribution in [1.29, 1.82) is 5.26 Å². The number of nitriles is 1. The summed E-state index contributed by atoms with van der Waals surface area (Å²) in [5.74, 6) is -1.11. The number of esters is 1. The lowest BCUT2D eigenvalue weighted by atomic mass is 9.68. The van der Waals surface area contributed by atoms with Gasteiger partial charge in [-0.3, -0.25) is 9.59 Å². The Hall–Kier alpha value is -3.41. The number of halogens is 2. The first-order valence-electron chi connectivity index (χ1n) is 11.6. The number of nitrogens with zero attached hydrogens (tertiary/aromatic N) is 2. The third-order valence-corrected chi connectivity index (χ3v) is 8.34. The van der Waals surface area contributed by atoms with Gasteiger partial charge < -0.3 is 14.4 Å². The molecule has 0 N–H and O–H groups in total. The van der Waals surface area contributed by atoms with E-state index in [1.54, 1.807) is 25.3 Å². The molecule has 186 valence electrons. The van der Waals surface area contributed by atoms with Gasteiger partial charge in [-0.1, -0.05) is 58.4 Å². The molecule has 0 saturated carbocycles. The van der Waals surface area contributed by atoms with Crippen molar-refractivity contribution >= 4 is 55.4 Å². The maximum atomic E-state index is 14.4. The molecule has 37 heavy (non-hydrogen) atoms. The zero-order valence-electron chi connectivity index (χ0n) is 20.0. The van der Waals surface area contributed by atoms with E-state index < -0.39 is 29.4 Å². The molecule has 5 rings (SSSR count). The number of ketones is 1. The van der Waals surface area contributed by atoms with Crippen LogP contribution in [-0.2, 0) is 9.53 Å². The fourth-order valence-corrected chi connectivity index (χ4v) is 6.37. The molecule has 2 aliphatic heterocycles. The Morgan fingerprint density at radius 3 is 2.41 bits per heavy atom. The monoisotopic (exact) mass is 620 g/mol. The average Bonchev–Trinajstić information content (AvgIpc) is 3.24. The number of rotatable bonds is 5. The van der Waals surface area contributed by atoms with E-state index in [0.717, 1.165) is 15.7 Å². The van der Waals surface area contributed by atoms with Crippen molar-refractivity contribution in [1.82, 2.24) is 0 Å². The number of ether oxygens (including phenoxy) is 2. The van der Waals surface area contributed by atoms with E-state index in [4.69, 9.17) is 9.47 Å². The van der Waals surface area contributed by atoms with Crippen molar-refractivity contribution < 1.29 is 19.1 Å². The van der Waals surface area contributed by atoms with Crippen LogP contribution < -0.4 is 9.64 Å². The number of para-hydroxylation sites is 1. The number of Topliss-reactive ketones (excluding diaryl/α,β-unsaturated/α-hetero) is 1. The summed E-state index contributed by atoms with van der Waals surface area (Å²) < 4.78 is 12.1. The minimum atomic E-state index is -1.67. The Kier molecular flexibility index (Phi) is 6.69. The Bertz CT molecular complexity index is 1460. The third kappa shape index (κ3) is 3.89. The summed E-state index contributed by atoms with van der Waals surface area (Å²) >= 11 is 6.95. The van der Waals surface area contributed by atoms with E-state index >= 15 is 0 Å².